The fourth-order valence-corrected chi connectivity index (χ4v) is 4.22. The van der Waals surface area contributed by atoms with E-state index in [1.54, 1.807) is 51.5 Å². The van der Waals surface area contributed by atoms with Crippen molar-refractivity contribution >= 4 is 51.1 Å². The summed E-state index contributed by atoms with van der Waals surface area (Å²) in [4.78, 5) is 21.6. The van der Waals surface area contributed by atoms with E-state index in [1.807, 2.05) is 37.2 Å². The van der Waals surface area contributed by atoms with Gasteiger partial charge in [-0.15, -0.1) is 12.4 Å². The molecule has 0 atom stereocenters. The Morgan fingerprint density at radius 2 is 1.65 bits per heavy atom. The quantitative estimate of drug-likeness (QED) is 0.377. The number of rotatable bonds is 10. The van der Waals surface area contributed by atoms with Crippen LogP contribution >= 0.6 is 23.7 Å². The third kappa shape index (κ3) is 6.31. The van der Waals surface area contributed by atoms with Crippen molar-refractivity contribution in [1.82, 2.24) is 9.88 Å². The predicted octanol–water partition coefficient (Wildman–Crippen LogP) is 4.36. The average molecular weight is 508 g/mol. The Bertz CT molecular complexity index is 1120. The summed E-state index contributed by atoms with van der Waals surface area (Å²) in [5, 5.41) is 0.639. The molecule has 0 saturated carbocycles. The van der Waals surface area contributed by atoms with Gasteiger partial charge in [-0.1, -0.05) is 11.3 Å². The van der Waals surface area contributed by atoms with Crippen molar-refractivity contribution in [3.63, 3.8) is 0 Å². The van der Waals surface area contributed by atoms with Gasteiger partial charge >= 0.3 is 0 Å². The second-order valence-corrected chi connectivity index (χ2v) is 8.42. The molecule has 0 aliphatic heterocycles. The Kier molecular flexibility index (Phi) is 9.97. The summed E-state index contributed by atoms with van der Waals surface area (Å²) in [6.07, 6.45) is 3.26. The highest BCUT2D eigenvalue weighted by Gasteiger charge is 2.19. The van der Waals surface area contributed by atoms with Gasteiger partial charge in [0.25, 0.3) is 5.91 Å². The zero-order valence-corrected chi connectivity index (χ0v) is 21.8. The first kappa shape index (κ1) is 27.2. The molecule has 184 valence electrons. The lowest BCUT2D eigenvalue weighted by molar-refractivity contribution is -0.114. The number of halogens is 1. The molecular formula is C24H30ClN3O5S. The first-order valence-corrected chi connectivity index (χ1v) is 11.1. The van der Waals surface area contributed by atoms with Gasteiger partial charge in [-0.25, -0.2) is 4.98 Å². The third-order valence-electron chi connectivity index (χ3n) is 4.96. The number of fused-ring (bicyclic) bond motifs is 1. The summed E-state index contributed by atoms with van der Waals surface area (Å²) in [5.74, 6) is 2.13. The number of nitrogens with zero attached hydrogens (tertiary/aromatic N) is 3. The van der Waals surface area contributed by atoms with E-state index < -0.39 is 0 Å². The molecule has 2 aromatic carbocycles. The highest BCUT2D eigenvalue weighted by atomic mass is 35.5. The number of carbonyl (C=O) groups excluding carboxylic acids is 1. The topological polar surface area (TPSA) is 73.4 Å². The molecular weight excluding hydrogens is 478 g/mol. The lowest BCUT2D eigenvalue weighted by Gasteiger charge is -2.20. The van der Waals surface area contributed by atoms with Crippen LogP contribution in [0.4, 0.5) is 5.13 Å². The predicted molar refractivity (Wildman–Crippen MR) is 139 cm³/mol. The van der Waals surface area contributed by atoms with Gasteiger partial charge in [0.15, 0.2) is 16.6 Å². The minimum Gasteiger partial charge on any atom is -0.497 e. The number of amides is 1. The number of hydrogen-bond acceptors (Lipinski definition) is 8. The number of methoxy groups -OCH3 is 4. The van der Waals surface area contributed by atoms with Crippen LogP contribution in [0, 0.1) is 0 Å². The second-order valence-electron chi connectivity index (χ2n) is 7.42. The maximum atomic E-state index is 13.2. The highest BCUT2D eigenvalue weighted by molar-refractivity contribution is 7.22. The fourth-order valence-electron chi connectivity index (χ4n) is 3.19. The Labute approximate surface area is 210 Å². The monoisotopic (exact) mass is 507 g/mol. The number of aromatic nitrogens is 1. The average Bonchev–Trinajstić information content (AvgIpc) is 3.24. The molecule has 34 heavy (non-hydrogen) atoms. The fraction of sp³-hybridized carbons (Fsp3) is 0.333. The molecule has 0 unspecified atom stereocenters. The summed E-state index contributed by atoms with van der Waals surface area (Å²) < 4.78 is 22.4. The van der Waals surface area contributed by atoms with E-state index in [0.29, 0.717) is 35.5 Å². The molecule has 0 aliphatic carbocycles. The minimum atomic E-state index is -0.170. The van der Waals surface area contributed by atoms with Crippen LogP contribution in [0.3, 0.4) is 0 Å². The van der Waals surface area contributed by atoms with Crippen molar-refractivity contribution in [1.29, 1.82) is 0 Å². The Morgan fingerprint density at radius 3 is 2.21 bits per heavy atom. The number of thiazole rings is 1. The van der Waals surface area contributed by atoms with Crippen LogP contribution < -0.4 is 23.8 Å². The molecule has 8 nitrogen and oxygen atoms in total. The van der Waals surface area contributed by atoms with Crippen LogP contribution in [0.15, 0.2) is 36.4 Å². The van der Waals surface area contributed by atoms with E-state index >= 15 is 0 Å². The molecule has 0 fully saturated rings. The van der Waals surface area contributed by atoms with Crippen molar-refractivity contribution in [2.24, 2.45) is 0 Å². The van der Waals surface area contributed by atoms with E-state index in [2.05, 4.69) is 4.98 Å². The number of likely N-dealkylation sites (N-methyl/N-ethyl adjacent to an activating group) is 1. The van der Waals surface area contributed by atoms with E-state index in [1.165, 1.54) is 17.4 Å². The van der Waals surface area contributed by atoms with Crippen molar-refractivity contribution in [3.8, 4) is 23.0 Å². The largest absolute Gasteiger partial charge is 0.497 e. The SMILES string of the molecule is COc1ccc2nc(N(CCN(C)C)C(=O)C=Cc3cc(OC)c(OC)c(OC)c3)sc2c1.Cl. The maximum Gasteiger partial charge on any atom is 0.252 e. The molecule has 3 rings (SSSR count). The van der Waals surface area contributed by atoms with E-state index in [9.17, 15) is 4.79 Å². The third-order valence-corrected chi connectivity index (χ3v) is 6.00. The van der Waals surface area contributed by atoms with Crippen LogP contribution in [0.1, 0.15) is 5.56 Å². The highest BCUT2D eigenvalue weighted by Crippen LogP contribution is 2.38. The first-order valence-electron chi connectivity index (χ1n) is 10.3. The molecule has 0 N–H and O–H groups in total. The van der Waals surface area contributed by atoms with Crippen molar-refractivity contribution in [2.45, 2.75) is 0 Å². The minimum absolute atomic E-state index is 0. The second kappa shape index (κ2) is 12.5. The van der Waals surface area contributed by atoms with Gasteiger partial charge in [0, 0.05) is 19.2 Å². The zero-order chi connectivity index (χ0) is 24.0. The first-order chi connectivity index (χ1) is 15.9. The zero-order valence-electron chi connectivity index (χ0n) is 20.2. The van der Waals surface area contributed by atoms with Gasteiger partial charge < -0.3 is 23.8 Å². The summed E-state index contributed by atoms with van der Waals surface area (Å²) >= 11 is 1.46. The molecule has 1 aromatic heterocycles. The van der Waals surface area contributed by atoms with Gasteiger partial charge in [0.2, 0.25) is 5.75 Å². The summed E-state index contributed by atoms with van der Waals surface area (Å²) in [6, 6.07) is 9.27. The van der Waals surface area contributed by atoms with E-state index in [-0.39, 0.29) is 18.3 Å². The Hall–Kier alpha value is -3.01. The van der Waals surface area contributed by atoms with E-state index in [0.717, 1.165) is 21.5 Å². The van der Waals surface area contributed by atoms with Crippen LogP contribution in [0.25, 0.3) is 16.3 Å². The van der Waals surface area contributed by atoms with Gasteiger partial charge in [-0.05, 0) is 56.1 Å². The van der Waals surface area contributed by atoms with Crippen molar-refractivity contribution < 1.29 is 23.7 Å². The number of benzene rings is 2. The Morgan fingerprint density at radius 1 is 0.971 bits per heavy atom. The van der Waals surface area contributed by atoms with Gasteiger partial charge in [0.05, 0.1) is 38.7 Å². The van der Waals surface area contributed by atoms with Crippen LogP contribution in [0.2, 0.25) is 0 Å². The van der Waals surface area contributed by atoms with Crippen molar-refractivity contribution in [3.05, 3.63) is 42.0 Å². The summed E-state index contributed by atoms with van der Waals surface area (Å²) in [7, 11) is 10.2. The van der Waals surface area contributed by atoms with Crippen molar-refractivity contribution in [2.75, 3.05) is 60.5 Å². The molecule has 0 bridgehead atoms. The van der Waals surface area contributed by atoms with Crippen LogP contribution in [-0.4, -0.2) is 71.4 Å². The van der Waals surface area contributed by atoms with Crippen LogP contribution in [-0.2, 0) is 4.79 Å². The molecule has 3 aromatic rings. The number of hydrogen-bond donors (Lipinski definition) is 0. The molecule has 0 spiro atoms. The Balaban J connectivity index is 0.00000408. The number of ether oxygens (including phenoxy) is 4. The summed E-state index contributed by atoms with van der Waals surface area (Å²) in [6.45, 7) is 1.20. The van der Waals surface area contributed by atoms with Gasteiger partial charge in [-0.3, -0.25) is 9.69 Å². The summed E-state index contributed by atoms with van der Waals surface area (Å²) in [5.41, 5.74) is 1.58. The maximum absolute atomic E-state index is 13.2. The van der Waals surface area contributed by atoms with E-state index in [4.69, 9.17) is 18.9 Å². The molecule has 1 amide bonds. The smallest absolute Gasteiger partial charge is 0.252 e. The van der Waals surface area contributed by atoms with Gasteiger partial charge in [0.1, 0.15) is 5.75 Å². The lowest BCUT2D eigenvalue weighted by atomic mass is 10.1. The number of carbonyl (C=O) groups is 1. The molecule has 0 radical (unpaired) electrons. The molecule has 10 heteroatoms. The standard InChI is InChI=1S/C24H29N3O5S.ClH/c1-26(2)11-12-27(24-25-18-9-8-17(29-3)15-21(18)33-24)22(28)10-7-16-13-19(30-4)23(32-6)20(14-16)31-5;/h7-10,13-15H,11-12H2,1-6H3;1H. The molecule has 1 heterocycles. The normalized spacial score (nSPS) is 10.9. The van der Waals surface area contributed by atoms with Crippen LogP contribution in [0.5, 0.6) is 23.0 Å². The molecule has 0 saturated heterocycles. The molecule has 0 aliphatic rings. The lowest BCUT2D eigenvalue weighted by Crippen LogP contribution is -2.35. The van der Waals surface area contributed by atoms with Gasteiger partial charge in [-0.2, -0.15) is 0 Å². The number of anilines is 1.